The fourth-order valence-electron chi connectivity index (χ4n) is 17.3. The zero-order valence-electron chi connectivity index (χ0n) is 60.1. The van der Waals surface area contributed by atoms with Gasteiger partial charge in [0.2, 0.25) is 10.7 Å². The lowest BCUT2D eigenvalue weighted by molar-refractivity contribution is -0.938. The minimum Gasteiger partial charge on any atom is -1.00 e. The highest BCUT2D eigenvalue weighted by atomic mass is 79.9. The van der Waals surface area contributed by atoms with E-state index in [-0.39, 0.29) is 78.0 Å². The highest BCUT2D eigenvalue weighted by molar-refractivity contribution is 8.13. The maximum atomic E-state index is 17.2. The Kier molecular flexibility index (Phi) is 27.9. The Labute approximate surface area is 634 Å². The SMILES string of the molecule is CCC(=O)O[C@]1(C(=O)SCF)[C@H](C)C[C@H]2[C@@H]3C[C@H](F)C4=CC(=O)C=C[C@]4(C)[C@@]3(F)[C@@H](O)C[C@@]21C.C[N+]1(C)[C@@H]2CC(OC(=O)C(O)(c3cccs3)c3cccs3)C[C@H]1[C@@H]1O[C@@H]12.O=C(O)c1ccc2ccccc2c1O.OCc1cc(C(O)CNCCCCCCOCCCCc2ccccc2)ccc1O.[Br-]. The third-order valence-electron chi connectivity index (χ3n) is 23.0. The van der Waals surface area contributed by atoms with Crippen molar-refractivity contribution in [3.05, 3.63) is 176 Å². The number of epoxide rings is 1. The van der Waals surface area contributed by atoms with Gasteiger partial charge in [-0.25, -0.2) is 22.8 Å². The first-order chi connectivity index (χ1) is 49.6. The van der Waals surface area contributed by atoms with Crippen LogP contribution < -0.4 is 22.3 Å². The van der Waals surface area contributed by atoms with Crippen LogP contribution >= 0.6 is 34.4 Å². The van der Waals surface area contributed by atoms with Crippen molar-refractivity contribution in [3.63, 3.8) is 0 Å². The quantitative estimate of drug-likeness (QED) is 0.0114. The summed E-state index contributed by atoms with van der Waals surface area (Å²) in [6.45, 7) is 9.22. The van der Waals surface area contributed by atoms with Crippen molar-refractivity contribution < 1.29 is 113 Å². The van der Waals surface area contributed by atoms with E-state index in [1.165, 1.54) is 65.9 Å². The van der Waals surface area contributed by atoms with Gasteiger partial charge in [-0.2, -0.15) is 0 Å². The molecule has 3 aliphatic heterocycles. The van der Waals surface area contributed by atoms with Crippen molar-refractivity contribution in [1.82, 2.24) is 5.32 Å². The average Bonchev–Trinajstić information content (AvgIpc) is 1.60. The Morgan fingerprint density at radius 1 is 0.838 bits per heavy atom. The van der Waals surface area contributed by atoms with Gasteiger partial charge in [-0.3, -0.25) is 14.4 Å². The smallest absolute Gasteiger partial charge is 0.349 e. The number of likely N-dealkylation sites (N-methyl/N-ethyl adjacent to an activating group) is 1. The van der Waals surface area contributed by atoms with Crippen LogP contribution in [0.3, 0.4) is 0 Å². The maximum Gasteiger partial charge on any atom is 0.349 e. The molecule has 105 heavy (non-hydrogen) atoms. The van der Waals surface area contributed by atoms with E-state index in [1.54, 1.807) is 63.2 Å². The van der Waals surface area contributed by atoms with Crippen molar-refractivity contribution in [2.24, 2.45) is 28.6 Å². The summed E-state index contributed by atoms with van der Waals surface area (Å²) in [5.41, 5.74) is -6.09. The van der Waals surface area contributed by atoms with Crippen LogP contribution in [0, 0.1) is 28.6 Å². The van der Waals surface area contributed by atoms with E-state index in [2.05, 4.69) is 49.7 Å². The molecule has 15 atom stereocenters. The number of carbonyl (C=O) groups is 5. The van der Waals surface area contributed by atoms with Gasteiger partial charge in [-0.1, -0.05) is 119 Å². The van der Waals surface area contributed by atoms with Gasteiger partial charge < -0.3 is 81.5 Å². The van der Waals surface area contributed by atoms with Gasteiger partial charge in [0.1, 0.15) is 59.6 Å². The number of alkyl halides is 3. The number of unbranched alkanes of at least 4 members (excludes halogenated alkanes) is 4. The summed E-state index contributed by atoms with van der Waals surface area (Å²) in [4.78, 5) is 62.8. The predicted octanol–water partition coefficient (Wildman–Crippen LogP) is 10.1. The van der Waals surface area contributed by atoms with Gasteiger partial charge in [0.25, 0.3) is 0 Å². The van der Waals surface area contributed by atoms with Crippen LogP contribution in [0.2, 0.25) is 0 Å². The van der Waals surface area contributed by atoms with Crippen LogP contribution in [0.25, 0.3) is 10.8 Å². The molecular formula is C80H98BrF3N2O16S3. The number of aromatic hydroxyl groups is 2. The summed E-state index contributed by atoms with van der Waals surface area (Å²) in [5, 5.41) is 77.9. The number of aliphatic hydroxyl groups excluding tert-OH is 3. The number of morpholine rings is 1. The number of hydrogen-bond acceptors (Lipinski definition) is 19. The third-order valence-corrected chi connectivity index (χ3v) is 25.6. The minimum atomic E-state index is -2.30. The topological polar surface area (TPSA) is 279 Å². The van der Waals surface area contributed by atoms with Crippen molar-refractivity contribution in [1.29, 1.82) is 0 Å². The highest BCUT2D eigenvalue weighted by Crippen LogP contribution is 2.72. The second-order valence-corrected chi connectivity index (χ2v) is 32.1. The molecule has 2 bridgehead atoms. The lowest BCUT2D eigenvalue weighted by Crippen LogP contribution is -3.00. The summed E-state index contributed by atoms with van der Waals surface area (Å²) in [6, 6.07) is 32.6. The van der Waals surface area contributed by atoms with E-state index in [0.717, 1.165) is 87.1 Å². The molecule has 8 N–H and O–H groups in total. The second kappa shape index (κ2) is 35.4. The number of ether oxygens (including phenoxy) is 4. The number of esters is 2. The fraction of sp³-hybridized carbons (Fsp3) is 0.512. The van der Waals surface area contributed by atoms with Crippen molar-refractivity contribution in [2.75, 3.05) is 46.4 Å². The number of thiophene rings is 2. The average molecular weight is 1580 g/mol. The lowest BCUT2D eigenvalue weighted by atomic mass is 9.44. The summed E-state index contributed by atoms with van der Waals surface area (Å²) in [6.07, 6.45) is 9.45. The summed E-state index contributed by atoms with van der Waals surface area (Å²) in [7, 11) is 4.49. The number of rotatable bonds is 25. The molecule has 0 spiro atoms. The van der Waals surface area contributed by atoms with E-state index in [4.69, 9.17) is 24.1 Å². The Morgan fingerprint density at radius 2 is 1.49 bits per heavy atom. The first-order valence-corrected chi connectivity index (χ1v) is 38.7. The number of piperidine rings is 1. The number of benzene rings is 4. The molecule has 0 radical (unpaired) electrons. The normalized spacial score (nSPS) is 28.7. The van der Waals surface area contributed by atoms with Crippen LogP contribution in [-0.4, -0.2) is 169 Å². The number of halogens is 4. The molecular weight excluding hydrogens is 1480 g/mol. The second-order valence-electron chi connectivity index (χ2n) is 29.3. The number of carboxylic acids is 1. The fourth-order valence-corrected chi connectivity index (χ4v) is 19.8. The van der Waals surface area contributed by atoms with E-state index in [0.29, 0.717) is 68.9 Å². The number of quaternary nitrogens is 1. The molecule has 7 aliphatic rings. The molecule has 3 saturated heterocycles. The van der Waals surface area contributed by atoms with Crippen LogP contribution in [0.1, 0.15) is 148 Å². The summed E-state index contributed by atoms with van der Waals surface area (Å²) in [5.74, 6) is -5.09. The molecule has 4 aromatic carbocycles. The van der Waals surface area contributed by atoms with Crippen LogP contribution in [-0.2, 0) is 56.8 Å². The number of nitrogens with zero attached hydrogens (tertiary/aromatic N) is 1. The lowest BCUT2D eigenvalue weighted by Gasteiger charge is -2.63. The van der Waals surface area contributed by atoms with Crippen molar-refractivity contribution >= 4 is 74.0 Å². The number of carboxylic acid groups (broad SMARTS) is 1. The Hall–Kier alpha value is -6.33. The molecule has 13 rings (SSSR count). The van der Waals surface area contributed by atoms with Gasteiger partial charge >= 0.3 is 17.9 Å². The van der Waals surface area contributed by atoms with Gasteiger partial charge in [-0.05, 0) is 158 Å². The first-order valence-electron chi connectivity index (χ1n) is 35.9. The molecule has 2 aromatic heterocycles. The number of nitrogens with one attached hydrogen (secondary N) is 1. The predicted molar refractivity (Wildman–Crippen MR) is 393 cm³/mol. The summed E-state index contributed by atoms with van der Waals surface area (Å²) < 4.78 is 70.2. The van der Waals surface area contributed by atoms with Crippen LogP contribution in [0.4, 0.5) is 13.2 Å². The number of carbonyl (C=O) groups excluding carboxylic acids is 4. The number of allylic oxidation sites excluding steroid dienone is 4. The zero-order valence-corrected chi connectivity index (χ0v) is 64.1. The largest absolute Gasteiger partial charge is 1.00 e. The summed E-state index contributed by atoms with van der Waals surface area (Å²) >= 11 is 3.14. The molecule has 18 nitrogen and oxygen atoms in total. The molecule has 0 amide bonds. The Morgan fingerprint density at radius 3 is 2.11 bits per heavy atom. The molecule has 4 aliphatic carbocycles. The van der Waals surface area contributed by atoms with E-state index in [9.17, 15) is 59.0 Å². The number of thioether (sulfide) groups is 1. The van der Waals surface area contributed by atoms with E-state index >= 15 is 8.78 Å². The number of aryl methyl sites for hydroxylation is 1. The van der Waals surface area contributed by atoms with Gasteiger partial charge in [0, 0.05) is 72.6 Å². The first kappa shape index (κ1) is 82.7. The number of fused-ring (bicyclic) bond motifs is 11. The van der Waals surface area contributed by atoms with Crippen molar-refractivity contribution in [2.45, 2.75) is 183 Å². The van der Waals surface area contributed by atoms with E-state index < -0.39 is 98.6 Å². The molecule has 570 valence electrons. The molecule has 6 aromatic rings. The molecule has 25 heteroatoms. The molecule has 2 unspecified atom stereocenters. The molecule has 5 heterocycles. The highest BCUT2D eigenvalue weighted by Gasteiger charge is 2.78. The van der Waals surface area contributed by atoms with Crippen LogP contribution in [0.15, 0.2) is 144 Å². The van der Waals surface area contributed by atoms with Gasteiger partial charge in [0.05, 0.1) is 42.7 Å². The number of aromatic carboxylic acids is 1. The number of phenols is 2. The van der Waals surface area contributed by atoms with Gasteiger partial charge in [0.15, 0.2) is 17.1 Å². The monoisotopic (exact) mass is 1570 g/mol. The Balaban J connectivity index is 0.000000167. The maximum absolute atomic E-state index is 17.2. The van der Waals surface area contributed by atoms with E-state index in [1.807, 2.05) is 35.0 Å². The standard InChI is InChI=1S/C25H31F3O5S.C25H37NO4.C19H22NO4S2.C11H8O3.BrH/c1-5-20(31)33-25(21(32)34-12-26)13(2)8-15-16-10-18(27)17-9-14(29)6-7-22(17,3)24(16,28)19(30)11-23(15,25)4;27-20-23-18-22(13-14-24(23)28)25(29)19-26-15-7-1-2-8-16-30-17-9-6-12-21-10-4-3-5-11-21;1-20(2)12-9-11(10-13(20)17-16(12)24-17)23-18(21)19(22,14-5-3-7-25-14)15-6-4-8-26-15;12-10-8-4-2-1-3-7(8)5-6-9(10)11(13)14;/h6-7,9,13,15-16,18-19,30H,5,8,10-12H2,1-4H3;3-5,10-11,13-14,18,25-29H,1-2,6-9,12,15-17,19-20H2;3-8,11-13,16-17,22H,9-10H2,1-2H3;1-6,12H,(H,13,14);1H/q;;+1;;/p-1/t13-,15+,16+,18+,19+,22+,23+,24+,25+;;11?,12-,13+,16-,17+;;/m1..../s1. The Bertz CT molecular complexity index is 3970. The zero-order chi connectivity index (χ0) is 74.9. The van der Waals surface area contributed by atoms with Gasteiger partial charge in [-0.15, -0.1) is 22.7 Å². The minimum absolute atomic E-state index is 0. The molecule has 3 saturated carbocycles. The van der Waals surface area contributed by atoms with Crippen molar-refractivity contribution in [3.8, 4) is 11.5 Å². The molecule has 6 fully saturated rings. The number of ketones is 1. The van der Waals surface area contributed by atoms with Crippen LogP contribution in [0.5, 0.6) is 11.5 Å². The third kappa shape index (κ3) is 16.9. The number of aliphatic hydroxyl groups is 4. The number of hydrogen-bond donors (Lipinski definition) is 8.